The predicted molar refractivity (Wildman–Crippen MR) is 70.8 cm³/mol. The van der Waals surface area contributed by atoms with Crippen molar-refractivity contribution in [1.29, 1.82) is 0 Å². The molecule has 0 saturated heterocycles. The number of hydrogen-bond donors (Lipinski definition) is 1. The Bertz CT molecular complexity index is 451. The van der Waals surface area contributed by atoms with Crippen LogP contribution in [0.25, 0.3) is 0 Å². The van der Waals surface area contributed by atoms with E-state index in [1.165, 1.54) is 0 Å². The summed E-state index contributed by atoms with van der Waals surface area (Å²) >= 11 is 4.86. The molecule has 0 amide bonds. The molecule has 1 rings (SSSR count). The molecule has 2 N–H and O–H groups in total. The highest BCUT2D eigenvalue weighted by molar-refractivity contribution is 7.80. The number of thiocarbonyl (C=S) groups is 1. The van der Waals surface area contributed by atoms with Gasteiger partial charge in [0.2, 0.25) is 0 Å². The van der Waals surface area contributed by atoms with Gasteiger partial charge in [-0.3, -0.25) is 4.79 Å². The lowest BCUT2D eigenvalue weighted by atomic mass is 10.1. The van der Waals surface area contributed by atoms with Crippen LogP contribution in [0.2, 0.25) is 0 Å². The summed E-state index contributed by atoms with van der Waals surface area (Å²) in [5.41, 5.74) is 6.82. The summed E-state index contributed by atoms with van der Waals surface area (Å²) in [6.07, 6.45) is 1.04. The molecule has 0 aliphatic heterocycles. The average molecular weight is 238 g/mol. The molecule has 0 fully saturated rings. The molecule has 0 aliphatic rings. The molecule has 16 heavy (non-hydrogen) atoms. The van der Waals surface area contributed by atoms with Crippen molar-refractivity contribution >= 4 is 17.2 Å². The van der Waals surface area contributed by atoms with E-state index in [1.54, 1.807) is 10.6 Å². The van der Waals surface area contributed by atoms with Gasteiger partial charge in [0.05, 0.1) is 5.56 Å². The summed E-state index contributed by atoms with van der Waals surface area (Å²) in [4.78, 5) is 12.2. The van der Waals surface area contributed by atoms with E-state index < -0.39 is 0 Å². The van der Waals surface area contributed by atoms with Gasteiger partial charge in [0.25, 0.3) is 5.56 Å². The lowest BCUT2D eigenvalue weighted by molar-refractivity contribution is 0.453. The van der Waals surface area contributed by atoms with Crippen molar-refractivity contribution < 1.29 is 0 Å². The molecular formula is C12H18N2OS. The van der Waals surface area contributed by atoms with E-state index in [9.17, 15) is 4.79 Å². The van der Waals surface area contributed by atoms with Gasteiger partial charge in [-0.15, -0.1) is 0 Å². The highest BCUT2D eigenvalue weighted by atomic mass is 32.1. The summed E-state index contributed by atoms with van der Waals surface area (Å²) in [5.74, 6) is 0.470. The number of nitrogens with two attached hydrogens (primary N) is 1. The largest absolute Gasteiger partial charge is 0.389 e. The molecule has 0 bridgehead atoms. The number of hydrogen-bond acceptors (Lipinski definition) is 2. The van der Waals surface area contributed by atoms with Crippen molar-refractivity contribution in [2.75, 3.05) is 0 Å². The van der Waals surface area contributed by atoms with E-state index in [4.69, 9.17) is 18.0 Å². The minimum Gasteiger partial charge on any atom is -0.389 e. The van der Waals surface area contributed by atoms with E-state index in [-0.39, 0.29) is 10.5 Å². The summed E-state index contributed by atoms with van der Waals surface area (Å²) in [6.45, 7) is 6.88. The fourth-order valence-corrected chi connectivity index (χ4v) is 1.68. The molecule has 3 nitrogen and oxygen atoms in total. The molecule has 1 aromatic heterocycles. The monoisotopic (exact) mass is 238 g/mol. The third-order valence-electron chi connectivity index (χ3n) is 2.85. The quantitative estimate of drug-likeness (QED) is 0.814. The molecule has 0 aromatic carbocycles. The van der Waals surface area contributed by atoms with Crippen LogP contribution in [0.5, 0.6) is 0 Å². The maximum Gasteiger partial charge on any atom is 0.260 e. The molecule has 1 atom stereocenters. The lowest BCUT2D eigenvalue weighted by Crippen LogP contribution is -2.31. The molecule has 0 saturated carbocycles. The van der Waals surface area contributed by atoms with Crippen LogP contribution in [0.3, 0.4) is 0 Å². The van der Waals surface area contributed by atoms with Gasteiger partial charge in [0.15, 0.2) is 0 Å². The maximum absolute atomic E-state index is 12.1. The first-order valence-corrected chi connectivity index (χ1v) is 5.88. The summed E-state index contributed by atoms with van der Waals surface area (Å²) in [7, 11) is 0. The molecule has 0 aliphatic carbocycles. The van der Waals surface area contributed by atoms with Crippen molar-refractivity contribution in [2.45, 2.75) is 33.7 Å². The molecular weight excluding hydrogens is 220 g/mol. The first-order chi connectivity index (χ1) is 7.47. The van der Waals surface area contributed by atoms with E-state index >= 15 is 0 Å². The van der Waals surface area contributed by atoms with Crippen LogP contribution < -0.4 is 11.3 Å². The molecule has 88 valence electrons. The van der Waals surface area contributed by atoms with E-state index in [2.05, 4.69) is 13.8 Å². The zero-order valence-electron chi connectivity index (χ0n) is 9.99. The van der Waals surface area contributed by atoms with Gasteiger partial charge >= 0.3 is 0 Å². The first-order valence-electron chi connectivity index (χ1n) is 5.47. The molecule has 4 heteroatoms. The molecule has 0 radical (unpaired) electrons. The van der Waals surface area contributed by atoms with Gasteiger partial charge in [-0.05, 0) is 25.0 Å². The van der Waals surface area contributed by atoms with Crippen LogP contribution in [0, 0.1) is 12.8 Å². The Hall–Kier alpha value is -1.16. The Morgan fingerprint density at radius 1 is 1.56 bits per heavy atom. The number of pyridine rings is 1. The smallest absolute Gasteiger partial charge is 0.260 e. The van der Waals surface area contributed by atoms with Gasteiger partial charge < -0.3 is 10.3 Å². The molecule has 1 aromatic rings. The zero-order chi connectivity index (χ0) is 12.3. The average Bonchev–Trinajstić information content (AvgIpc) is 2.23. The Labute approximate surface area is 101 Å². The summed E-state index contributed by atoms with van der Waals surface area (Å²) in [6, 6.07) is 3.59. The van der Waals surface area contributed by atoms with E-state index in [0.29, 0.717) is 11.5 Å². The minimum absolute atomic E-state index is 0.0761. The third-order valence-corrected chi connectivity index (χ3v) is 3.07. The Kier molecular flexibility index (Phi) is 4.24. The van der Waals surface area contributed by atoms with Gasteiger partial charge in [-0.1, -0.05) is 32.5 Å². The Morgan fingerprint density at radius 2 is 2.19 bits per heavy atom. The van der Waals surface area contributed by atoms with Crippen LogP contribution in [0.4, 0.5) is 0 Å². The highest BCUT2D eigenvalue weighted by Crippen LogP contribution is 2.06. The van der Waals surface area contributed by atoms with Gasteiger partial charge in [-0.2, -0.15) is 0 Å². The van der Waals surface area contributed by atoms with Crippen LogP contribution in [-0.4, -0.2) is 9.56 Å². The van der Waals surface area contributed by atoms with E-state index in [1.807, 2.05) is 13.0 Å². The van der Waals surface area contributed by atoms with Crippen molar-refractivity contribution in [3.63, 3.8) is 0 Å². The summed E-state index contributed by atoms with van der Waals surface area (Å²) < 4.78 is 1.75. The molecule has 1 heterocycles. The van der Waals surface area contributed by atoms with Crippen LogP contribution in [0.1, 0.15) is 31.5 Å². The second-order valence-corrected chi connectivity index (χ2v) is 4.62. The van der Waals surface area contributed by atoms with Crippen molar-refractivity contribution in [2.24, 2.45) is 11.7 Å². The first kappa shape index (κ1) is 12.9. The Balaban J connectivity index is 3.22. The van der Waals surface area contributed by atoms with Crippen LogP contribution >= 0.6 is 12.2 Å². The number of aryl methyl sites for hydroxylation is 1. The number of aromatic nitrogens is 1. The summed E-state index contributed by atoms with van der Waals surface area (Å²) in [5, 5.41) is 0. The maximum atomic E-state index is 12.1. The SMILES string of the molecule is CCC(C)Cn1c(C)ccc(C(N)=S)c1=O. The van der Waals surface area contributed by atoms with Gasteiger partial charge in [0.1, 0.15) is 4.99 Å². The second kappa shape index (κ2) is 5.25. The molecule has 1 unspecified atom stereocenters. The number of nitrogens with zero attached hydrogens (tertiary/aromatic N) is 1. The number of rotatable bonds is 4. The van der Waals surface area contributed by atoms with Crippen molar-refractivity contribution in [1.82, 2.24) is 4.57 Å². The third kappa shape index (κ3) is 2.70. The standard InChI is InChI=1S/C12H18N2OS/c1-4-8(2)7-14-9(3)5-6-10(11(13)16)12(14)15/h5-6,8H,4,7H2,1-3H3,(H2,13,16). The normalized spacial score (nSPS) is 12.4. The van der Waals surface area contributed by atoms with Gasteiger partial charge in [-0.25, -0.2) is 0 Å². The lowest BCUT2D eigenvalue weighted by Gasteiger charge is -2.15. The van der Waals surface area contributed by atoms with Crippen LogP contribution in [-0.2, 0) is 6.54 Å². The topological polar surface area (TPSA) is 48.0 Å². The van der Waals surface area contributed by atoms with Crippen molar-refractivity contribution in [3.05, 3.63) is 33.7 Å². The zero-order valence-corrected chi connectivity index (χ0v) is 10.8. The fourth-order valence-electron chi connectivity index (χ4n) is 1.53. The van der Waals surface area contributed by atoms with Crippen molar-refractivity contribution in [3.8, 4) is 0 Å². The predicted octanol–water partition coefficient (Wildman–Crippen LogP) is 1.84. The Morgan fingerprint density at radius 3 is 2.69 bits per heavy atom. The molecule has 0 spiro atoms. The minimum atomic E-state index is -0.0761. The highest BCUT2D eigenvalue weighted by Gasteiger charge is 2.10. The van der Waals surface area contributed by atoms with Gasteiger partial charge in [0, 0.05) is 12.2 Å². The van der Waals surface area contributed by atoms with E-state index in [0.717, 1.165) is 18.7 Å². The van der Waals surface area contributed by atoms with Crippen LogP contribution in [0.15, 0.2) is 16.9 Å². The fraction of sp³-hybridized carbons (Fsp3) is 0.500. The second-order valence-electron chi connectivity index (χ2n) is 4.18.